The Morgan fingerprint density at radius 3 is 2.76 bits per heavy atom. The summed E-state index contributed by atoms with van der Waals surface area (Å²) < 4.78 is 6.81. The van der Waals surface area contributed by atoms with Crippen LogP contribution < -0.4 is 10.6 Å². The first kappa shape index (κ1) is 16.2. The van der Waals surface area contributed by atoms with E-state index in [1.807, 2.05) is 16.9 Å². The zero-order valence-corrected chi connectivity index (χ0v) is 12.5. The predicted molar refractivity (Wildman–Crippen MR) is 78.9 cm³/mol. The Morgan fingerprint density at radius 1 is 1.41 bits per heavy atom. The fraction of sp³-hybridized carbons (Fsp3) is 0.600. The molecule has 0 spiro atoms. The number of nitrogens with zero attached hydrogens (tertiary/aromatic N) is 3. The Morgan fingerprint density at radius 2 is 2.18 bits per heavy atom. The van der Waals surface area contributed by atoms with Gasteiger partial charge < -0.3 is 15.4 Å². The van der Waals surface area contributed by atoms with Crippen molar-refractivity contribution in [2.45, 2.75) is 6.54 Å². The van der Waals surface area contributed by atoms with Crippen LogP contribution in [0.5, 0.6) is 0 Å². The second-order valence-electron chi connectivity index (χ2n) is 3.19. The van der Waals surface area contributed by atoms with E-state index in [0.717, 1.165) is 25.6 Å². The molecule has 6 nitrogen and oxygen atoms in total. The number of aliphatic imine (C=N–C) groups is 1. The van der Waals surface area contributed by atoms with Crippen molar-refractivity contribution in [1.29, 1.82) is 0 Å². The number of guanidine groups is 1. The second kappa shape index (κ2) is 10.3. The first-order chi connectivity index (χ1) is 7.86. The molecule has 0 amide bonds. The maximum absolute atomic E-state index is 4.94. The molecule has 0 fully saturated rings. The first-order valence-electron chi connectivity index (χ1n) is 5.27. The third-order valence-electron chi connectivity index (χ3n) is 2.01. The van der Waals surface area contributed by atoms with Gasteiger partial charge in [-0.25, -0.2) is 0 Å². The SMILES string of the molecule is CN=C(NCCOC)NCCn1cccn1.I. The molecule has 0 saturated carbocycles. The van der Waals surface area contributed by atoms with E-state index in [1.54, 1.807) is 20.4 Å². The Bertz CT molecular complexity index is 302. The van der Waals surface area contributed by atoms with Gasteiger partial charge in [0.2, 0.25) is 0 Å². The maximum Gasteiger partial charge on any atom is 0.191 e. The quantitative estimate of drug-likeness (QED) is 0.335. The summed E-state index contributed by atoms with van der Waals surface area (Å²) in [6, 6.07) is 1.91. The summed E-state index contributed by atoms with van der Waals surface area (Å²) in [5, 5.41) is 10.4. The van der Waals surface area contributed by atoms with Crippen LogP contribution in [0, 0.1) is 0 Å². The third kappa shape index (κ3) is 7.16. The lowest BCUT2D eigenvalue weighted by atomic mass is 10.6. The summed E-state index contributed by atoms with van der Waals surface area (Å²) in [6.07, 6.45) is 3.70. The van der Waals surface area contributed by atoms with Gasteiger partial charge in [0.25, 0.3) is 0 Å². The highest BCUT2D eigenvalue weighted by Gasteiger charge is 1.96. The molecule has 0 aliphatic rings. The molecule has 0 radical (unpaired) electrons. The third-order valence-corrected chi connectivity index (χ3v) is 2.01. The van der Waals surface area contributed by atoms with Crippen LogP contribution >= 0.6 is 24.0 Å². The zero-order valence-electron chi connectivity index (χ0n) is 10.2. The lowest BCUT2D eigenvalue weighted by Gasteiger charge is -2.11. The summed E-state index contributed by atoms with van der Waals surface area (Å²) in [5.41, 5.74) is 0. The molecular formula is C10H20IN5O. The van der Waals surface area contributed by atoms with E-state index in [1.165, 1.54) is 0 Å². The van der Waals surface area contributed by atoms with Crippen LogP contribution in [0.3, 0.4) is 0 Å². The summed E-state index contributed by atoms with van der Waals surface area (Å²) in [4.78, 5) is 4.09. The lowest BCUT2D eigenvalue weighted by molar-refractivity contribution is 0.203. The minimum atomic E-state index is 0. The van der Waals surface area contributed by atoms with Gasteiger partial charge in [-0.05, 0) is 6.07 Å². The van der Waals surface area contributed by atoms with Crippen LogP contribution in [0.1, 0.15) is 0 Å². The standard InChI is InChI=1S/C10H19N5O.HI/c1-11-10(13-6-9-16-2)12-5-8-15-7-3-4-14-15;/h3-4,7H,5-6,8-9H2,1-2H3,(H2,11,12,13);1H. The van der Waals surface area contributed by atoms with Gasteiger partial charge in [-0.2, -0.15) is 5.10 Å². The van der Waals surface area contributed by atoms with Crippen LogP contribution in [-0.4, -0.2) is 49.6 Å². The first-order valence-corrected chi connectivity index (χ1v) is 5.27. The number of methoxy groups -OCH3 is 1. The lowest BCUT2D eigenvalue weighted by Crippen LogP contribution is -2.40. The van der Waals surface area contributed by atoms with Crippen LogP contribution in [-0.2, 0) is 11.3 Å². The minimum Gasteiger partial charge on any atom is -0.383 e. The smallest absolute Gasteiger partial charge is 0.191 e. The molecule has 0 aromatic carbocycles. The van der Waals surface area contributed by atoms with E-state index >= 15 is 0 Å². The molecule has 0 unspecified atom stereocenters. The van der Waals surface area contributed by atoms with Crippen molar-refractivity contribution >= 4 is 29.9 Å². The molecule has 7 heteroatoms. The number of hydrogen-bond donors (Lipinski definition) is 2. The molecule has 1 heterocycles. The largest absolute Gasteiger partial charge is 0.383 e. The predicted octanol–water partition coefficient (Wildman–Crippen LogP) is 0.312. The van der Waals surface area contributed by atoms with Crippen LogP contribution in [0.25, 0.3) is 0 Å². The van der Waals surface area contributed by atoms with Crippen molar-refractivity contribution in [3.05, 3.63) is 18.5 Å². The highest BCUT2D eigenvalue weighted by atomic mass is 127. The number of halogens is 1. The van der Waals surface area contributed by atoms with E-state index in [0.29, 0.717) is 6.61 Å². The van der Waals surface area contributed by atoms with E-state index in [2.05, 4.69) is 20.7 Å². The Labute approximate surface area is 119 Å². The van der Waals surface area contributed by atoms with Gasteiger partial charge in [0.15, 0.2) is 5.96 Å². The average molecular weight is 353 g/mol. The molecule has 1 rings (SSSR count). The number of hydrogen-bond acceptors (Lipinski definition) is 3. The van der Waals surface area contributed by atoms with E-state index < -0.39 is 0 Å². The fourth-order valence-electron chi connectivity index (χ4n) is 1.21. The van der Waals surface area contributed by atoms with Gasteiger partial charge in [-0.3, -0.25) is 9.67 Å². The van der Waals surface area contributed by atoms with Gasteiger partial charge in [0.1, 0.15) is 0 Å². The maximum atomic E-state index is 4.94. The van der Waals surface area contributed by atoms with Crippen LogP contribution in [0.4, 0.5) is 0 Å². The Kier molecular flexibility index (Phi) is 9.83. The van der Waals surface area contributed by atoms with Crippen molar-refractivity contribution in [1.82, 2.24) is 20.4 Å². The van der Waals surface area contributed by atoms with Gasteiger partial charge >= 0.3 is 0 Å². The molecular weight excluding hydrogens is 333 g/mol. The molecule has 0 bridgehead atoms. The molecule has 98 valence electrons. The van der Waals surface area contributed by atoms with Crippen molar-refractivity contribution in [3.63, 3.8) is 0 Å². The number of aromatic nitrogens is 2. The van der Waals surface area contributed by atoms with Crippen molar-refractivity contribution in [2.75, 3.05) is 33.9 Å². The summed E-state index contributed by atoms with van der Waals surface area (Å²) in [7, 11) is 3.42. The molecule has 17 heavy (non-hydrogen) atoms. The van der Waals surface area contributed by atoms with Crippen molar-refractivity contribution < 1.29 is 4.74 Å². The van der Waals surface area contributed by atoms with Crippen LogP contribution in [0.2, 0.25) is 0 Å². The van der Waals surface area contributed by atoms with Gasteiger partial charge in [-0.15, -0.1) is 24.0 Å². The van der Waals surface area contributed by atoms with Gasteiger partial charge in [-0.1, -0.05) is 0 Å². The summed E-state index contributed by atoms with van der Waals surface area (Å²) >= 11 is 0. The number of nitrogens with one attached hydrogen (secondary N) is 2. The topological polar surface area (TPSA) is 63.5 Å². The minimum absolute atomic E-state index is 0. The van der Waals surface area contributed by atoms with E-state index in [4.69, 9.17) is 4.74 Å². The molecule has 1 aromatic rings. The molecule has 1 aromatic heterocycles. The molecule has 0 aliphatic heterocycles. The van der Waals surface area contributed by atoms with Gasteiger partial charge in [0, 0.05) is 39.6 Å². The van der Waals surface area contributed by atoms with Crippen LogP contribution in [0.15, 0.2) is 23.5 Å². The summed E-state index contributed by atoms with van der Waals surface area (Å²) in [6.45, 7) is 3.02. The Balaban J connectivity index is 0.00000256. The number of ether oxygens (including phenoxy) is 1. The molecule has 0 saturated heterocycles. The average Bonchev–Trinajstić information content (AvgIpc) is 2.80. The van der Waals surface area contributed by atoms with Crippen molar-refractivity contribution in [2.24, 2.45) is 4.99 Å². The number of rotatable bonds is 6. The van der Waals surface area contributed by atoms with E-state index in [9.17, 15) is 0 Å². The molecule has 2 N–H and O–H groups in total. The molecule has 0 aliphatic carbocycles. The second-order valence-corrected chi connectivity index (χ2v) is 3.19. The zero-order chi connectivity index (χ0) is 11.6. The molecule has 0 atom stereocenters. The monoisotopic (exact) mass is 353 g/mol. The highest BCUT2D eigenvalue weighted by Crippen LogP contribution is 1.82. The van der Waals surface area contributed by atoms with Crippen molar-refractivity contribution in [3.8, 4) is 0 Å². The van der Waals surface area contributed by atoms with Gasteiger partial charge in [0.05, 0.1) is 13.2 Å². The van der Waals surface area contributed by atoms with E-state index in [-0.39, 0.29) is 24.0 Å². The fourth-order valence-corrected chi connectivity index (χ4v) is 1.21. The highest BCUT2D eigenvalue weighted by molar-refractivity contribution is 14.0. The Hall–Kier alpha value is -0.830. The normalized spacial score (nSPS) is 10.8. The summed E-state index contributed by atoms with van der Waals surface area (Å²) in [5.74, 6) is 0.782.